The van der Waals surface area contributed by atoms with Crippen LogP contribution in [0.5, 0.6) is 0 Å². The first-order valence-corrected chi connectivity index (χ1v) is 3.16. The summed E-state index contributed by atoms with van der Waals surface area (Å²) in [5.74, 6) is -7.92. The van der Waals surface area contributed by atoms with Crippen molar-refractivity contribution in [3.8, 4) is 0 Å². The molecule has 0 spiro atoms. The molecule has 0 aromatic carbocycles. The Kier molecular flexibility index (Phi) is 20.9. The van der Waals surface area contributed by atoms with Gasteiger partial charge in [-0.2, -0.15) is 0 Å². The molecule has 0 aliphatic rings. The van der Waals surface area contributed by atoms with E-state index in [2.05, 4.69) is 0 Å². The van der Waals surface area contributed by atoms with Crippen molar-refractivity contribution in [3.63, 3.8) is 0 Å². The smallest absolute Gasteiger partial charge is 0.550 e. The second-order valence-electron chi connectivity index (χ2n) is 2.27. The molecule has 10 heteroatoms. The van der Waals surface area contributed by atoms with Gasteiger partial charge in [-0.25, -0.2) is 0 Å². The van der Waals surface area contributed by atoms with Crippen molar-refractivity contribution in [3.05, 3.63) is 0 Å². The minimum Gasteiger partial charge on any atom is -0.550 e. The maximum Gasteiger partial charge on any atom is 1.00 e. The molecule has 0 heterocycles. The third-order valence-corrected chi connectivity index (χ3v) is 1.31. The standard InChI is InChI=1S/C6H8O7.3Na/c7-3(8)1-2(5(10)11)4(9)6(12)13;;;/h2,4,9H,1H2,(H,7,8)(H,10,11)(H,12,13);;;/q;3*+1/p-3/t2-,4?;;;/m1.../s1. The van der Waals surface area contributed by atoms with Crippen LogP contribution in [0.15, 0.2) is 0 Å². The fraction of sp³-hybridized carbons (Fsp3) is 0.500. The molecule has 0 fully saturated rings. The summed E-state index contributed by atoms with van der Waals surface area (Å²) in [4.78, 5) is 30.0. The minimum absolute atomic E-state index is 0. The normalized spacial score (nSPS) is 11.8. The van der Waals surface area contributed by atoms with E-state index < -0.39 is 36.4 Å². The largest absolute Gasteiger partial charge is 1.00 e. The van der Waals surface area contributed by atoms with Gasteiger partial charge in [-0.1, -0.05) is 0 Å². The first kappa shape index (κ1) is 26.0. The summed E-state index contributed by atoms with van der Waals surface area (Å²) < 4.78 is 0. The van der Waals surface area contributed by atoms with Gasteiger partial charge in [-0.3, -0.25) is 0 Å². The zero-order valence-corrected chi connectivity index (χ0v) is 15.3. The zero-order valence-electron chi connectivity index (χ0n) is 9.26. The number of hydrogen-bond acceptors (Lipinski definition) is 7. The van der Waals surface area contributed by atoms with Crippen LogP contribution in [-0.4, -0.2) is 29.1 Å². The first-order valence-electron chi connectivity index (χ1n) is 3.16. The van der Waals surface area contributed by atoms with Crippen LogP contribution in [0.25, 0.3) is 0 Å². The van der Waals surface area contributed by atoms with E-state index in [0.717, 1.165) is 0 Å². The van der Waals surface area contributed by atoms with Gasteiger partial charge in [0.2, 0.25) is 0 Å². The fourth-order valence-corrected chi connectivity index (χ4v) is 0.668. The Morgan fingerprint density at radius 3 is 1.50 bits per heavy atom. The van der Waals surface area contributed by atoms with Gasteiger partial charge in [-0.15, -0.1) is 0 Å². The summed E-state index contributed by atoms with van der Waals surface area (Å²) in [6.45, 7) is 0. The maximum atomic E-state index is 10.1. The molecule has 0 saturated heterocycles. The molecule has 74 valence electrons. The molecule has 0 rings (SSSR count). The Morgan fingerprint density at radius 1 is 0.938 bits per heavy atom. The van der Waals surface area contributed by atoms with Crippen molar-refractivity contribution in [2.24, 2.45) is 5.92 Å². The van der Waals surface area contributed by atoms with Crippen LogP contribution in [0.3, 0.4) is 0 Å². The van der Waals surface area contributed by atoms with Crippen molar-refractivity contribution < 1.29 is 123 Å². The summed E-state index contributed by atoms with van der Waals surface area (Å²) in [5.41, 5.74) is 0. The molecule has 0 aliphatic heterocycles. The average Bonchev–Trinajstić information content (AvgIpc) is 1.97. The van der Waals surface area contributed by atoms with Gasteiger partial charge in [0.15, 0.2) is 0 Å². The van der Waals surface area contributed by atoms with Crippen LogP contribution in [0.1, 0.15) is 6.42 Å². The number of aliphatic carboxylic acids is 3. The van der Waals surface area contributed by atoms with Gasteiger partial charge < -0.3 is 34.8 Å². The third-order valence-electron chi connectivity index (χ3n) is 1.31. The molecule has 16 heavy (non-hydrogen) atoms. The predicted molar refractivity (Wildman–Crippen MR) is 29.1 cm³/mol. The van der Waals surface area contributed by atoms with Crippen molar-refractivity contribution in [2.45, 2.75) is 12.5 Å². The Hall–Kier alpha value is 1.37. The molecule has 0 aromatic rings. The zero-order chi connectivity index (χ0) is 10.6. The van der Waals surface area contributed by atoms with Gasteiger partial charge in [-0.05, 0) is 6.42 Å². The van der Waals surface area contributed by atoms with E-state index in [4.69, 9.17) is 5.11 Å². The molecule has 2 atom stereocenters. The number of carboxylic acid groups (broad SMARTS) is 3. The van der Waals surface area contributed by atoms with Crippen molar-refractivity contribution in [2.75, 3.05) is 0 Å². The molecule has 0 aliphatic carbocycles. The van der Waals surface area contributed by atoms with Crippen LogP contribution in [-0.2, 0) is 14.4 Å². The van der Waals surface area contributed by atoms with Gasteiger partial charge in [0.25, 0.3) is 0 Å². The Balaban J connectivity index is -0.000000240. The van der Waals surface area contributed by atoms with E-state index in [-0.39, 0.29) is 88.7 Å². The van der Waals surface area contributed by atoms with Gasteiger partial charge in [0.05, 0.1) is 5.97 Å². The van der Waals surface area contributed by atoms with E-state index in [9.17, 15) is 29.7 Å². The monoisotopic (exact) mass is 258 g/mol. The number of rotatable bonds is 5. The van der Waals surface area contributed by atoms with Crippen LogP contribution in [0, 0.1) is 5.92 Å². The molecular formula is C6H5Na3O7. The van der Waals surface area contributed by atoms with Gasteiger partial charge >= 0.3 is 88.7 Å². The molecular weight excluding hydrogens is 253 g/mol. The average molecular weight is 258 g/mol. The summed E-state index contributed by atoms with van der Waals surface area (Å²) >= 11 is 0. The van der Waals surface area contributed by atoms with Crippen LogP contribution >= 0.6 is 0 Å². The quantitative estimate of drug-likeness (QED) is 0.482. The van der Waals surface area contributed by atoms with E-state index in [0.29, 0.717) is 0 Å². The SMILES string of the molecule is O=C([O-])C[C@@H](C(=O)[O-])C(O)C(=O)[O-].[Na+].[Na+].[Na+]. The van der Waals surface area contributed by atoms with Gasteiger partial charge in [0.1, 0.15) is 6.10 Å². The Labute approximate surface area is 157 Å². The van der Waals surface area contributed by atoms with Gasteiger partial charge in [0, 0.05) is 17.9 Å². The van der Waals surface area contributed by atoms with Crippen LogP contribution in [0.4, 0.5) is 0 Å². The third kappa shape index (κ3) is 10.5. The molecule has 0 amide bonds. The van der Waals surface area contributed by atoms with Crippen molar-refractivity contribution in [1.82, 2.24) is 0 Å². The van der Waals surface area contributed by atoms with Crippen molar-refractivity contribution >= 4 is 17.9 Å². The Bertz CT molecular complexity index is 244. The number of aliphatic hydroxyl groups is 1. The number of carbonyl (C=O) groups excluding carboxylic acids is 3. The van der Waals surface area contributed by atoms with E-state index in [1.807, 2.05) is 0 Å². The number of hydrogen-bond donors (Lipinski definition) is 1. The fourth-order valence-electron chi connectivity index (χ4n) is 0.668. The summed E-state index contributed by atoms with van der Waals surface area (Å²) in [6, 6.07) is 0. The van der Waals surface area contributed by atoms with Crippen LogP contribution < -0.4 is 104 Å². The maximum absolute atomic E-state index is 10.1. The minimum atomic E-state index is -2.41. The molecule has 0 saturated carbocycles. The summed E-state index contributed by atoms with van der Waals surface area (Å²) in [5, 5.41) is 38.6. The predicted octanol–water partition coefficient (Wildman–Crippen LogP) is -14.4. The van der Waals surface area contributed by atoms with E-state index >= 15 is 0 Å². The molecule has 7 nitrogen and oxygen atoms in total. The second kappa shape index (κ2) is 12.8. The first-order chi connectivity index (χ1) is 5.86. The molecule has 1 unspecified atom stereocenters. The Morgan fingerprint density at radius 2 is 1.31 bits per heavy atom. The van der Waals surface area contributed by atoms with E-state index in [1.54, 1.807) is 0 Å². The molecule has 0 radical (unpaired) electrons. The van der Waals surface area contributed by atoms with E-state index in [1.165, 1.54) is 0 Å². The number of carboxylic acids is 3. The number of aliphatic hydroxyl groups excluding tert-OH is 1. The van der Waals surface area contributed by atoms with Crippen LogP contribution in [0.2, 0.25) is 0 Å². The second-order valence-corrected chi connectivity index (χ2v) is 2.27. The summed E-state index contributed by atoms with van der Waals surface area (Å²) in [7, 11) is 0. The number of carbonyl (C=O) groups is 3. The topological polar surface area (TPSA) is 141 Å². The summed E-state index contributed by atoms with van der Waals surface area (Å²) in [6.07, 6.45) is -3.56. The molecule has 0 aromatic heterocycles. The molecule has 1 N–H and O–H groups in total. The van der Waals surface area contributed by atoms with Crippen molar-refractivity contribution in [1.29, 1.82) is 0 Å². The molecule has 0 bridgehead atoms.